The van der Waals surface area contributed by atoms with Gasteiger partial charge in [0.25, 0.3) is 5.91 Å². The third kappa shape index (κ3) is 5.00. The lowest BCUT2D eigenvalue weighted by atomic mass is 10.1. The van der Waals surface area contributed by atoms with E-state index in [4.69, 9.17) is 32.4 Å². The number of benzene rings is 3. The number of amidine groups is 1. The molecule has 0 aliphatic rings. The predicted octanol–water partition coefficient (Wildman–Crippen LogP) is 4.42. The van der Waals surface area contributed by atoms with Crippen molar-refractivity contribution in [1.82, 2.24) is 5.43 Å². The number of hydrazine groups is 1. The average Bonchev–Trinajstić information content (AvgIpc) is 3.25. The zero-order chi connectivity index (χ0) is 25.1. The minimum absolute atomic E-state index is 0.0240. The first-order chi connectivity index (χ1) is 16.8. The summed E-state index contributed by atoms with van der Waals surface area (Å²) in [5, 5.41) is 6.31. The van der Waals surface area contributed by atoms with Crippen LogP contribution < -0.4 is 27.2 Å². The lowest BCUT2D eigenvalue weighted by Crippen LogP contribution is -2.32. The van der Waals surface area contributed by atoms with E-state index in [2.05, 4.69) is 15.8 Å². The smallest absolute Gasteiger partial charge is 0.259 e. The van der Waals surface area contributed by atoms with Crippen LogP contribution in [0.2, 0.25) is 5.02 Å². The summed E-state index contributed by atoms with van der Waals surface area (Å²) in [7, 11) is 0. The Morgan fingerprint density at radius 3 is 2.43 bits per heavy atom. The maximum atomic E-state index is 14.5. The van der Waals surface area contributed by atoms with Crippen LogP contribution in [0.25, 0.3) is 11.0 Å². The van der Waals surface area contributed by atoms with E-state index in [1.807, 2.05) is 0 Å². The number of hydrogen-bond donors (Lipinski definition) is 4. The third-order valence-corrected chi connectivity index (χ3v) is 5.38. The summed E-state index contributed by atoms with van der Waals surface area (Å²) in [6.45, 7) is -0.0907. The lowest BCUT2D eigenvalue weighted by Gasteiger charge is -2.10. The Morgan fingerprint density at radius 1 is 1.03 bits per heavy atom. The molecule has 0 saturated heterocycles. The van der Waals surface area contributed by atoms with E-state index in [0.717, 1.165) is 18.2 Å². The Bertz CT molecular complexity index is 1440. The number of hydrazone groups is 1. The molecule has 4 aromatic rings. The first kappa shape index (κ1) is 23.9. The molecule has 0 bridgehead atoms. The van der Waals surface area contributed by atoms with Gasteiger partial charge in [-0.2, -0.15) is 5.10 Å². The topological polar surface area (TPSA) is 128 Å². The van der Waals surface area contributed by atoms with E-state index in [1.165, 1.54) is 12.3 Å². The summed E-state index contributed by atoms with van der Waals surface area (Å²) in [4.78, 5) is 12.7. The summed E-state index contributed by atoms with van der Waals surface area (Å²) in [5.74, 6) is 7.44. The summed E-state index contributed by atoms with van der Waals surface area (Å²) in [6.07, 6.45) is 1.20. The second-order valence-corrected chi connectivity index (χ2v) is 7.63. The molecule has 6 N–H and O–H groups in total. The quantitative estimate of drug-likeness (QED) is 0.101. The van der Waals surface area contributed by atoms with Crippen molar-refractivity contribution in [2.75, 3.05) is 5.32 Å². The number of carbonyl (C=O) groups excluding carboxylic acids is 1. The van der Waals surface area contributed by atoms with Crippen molar-refractivity contribution in [2.24, 2.45) is 16.8 Å². The van der Waals surface area contributed by atoms with Crippen LogP contribution >= 0.6 is 11.6 Å². The molecule has 0 radical (unpaired) electrons. The van der Waals surface area contributed by atoms with Crippen molar-refractivity contribution in [3.63, 3.8) is 0 Å². The number of rotatable bonds is 6. The van der Waals surface area contributed by atoms with Crippen LogP contribution in [0.15, 0.2) is 64.3 Å². The van der Waals surface area contributed by atoms with Gasteiger partial charge in [-0.1, -0.05) is 11.6 Å². The highest BCUT2D eigenvalue weighted by molar-refractivity contribution is 6.31. The standard InChI is InChI=1S/C23H17ClF3N5O3/c24-17-8-20(27)19(26)5-11(17)9-34-13-3-1-12(2-4-13)30-23(33)16-10-35-21-7-15(22(31-28)32-29)18(25)6-14(16)21/h1-8,10H,9,28-29H2,(H,30,33)(H,31,32). The van der Waals surface area contributed by atoms with E-state index < -0.39 is 23.4 Å². The van der Waals surface area contributed by atoms with Crippen LogP contribution in [0.1, 0.15) is 21.5 Å². The molecule has 35 heavy (non-hydrogen) atoms. The van der Waals surface area contributed by atoms with Gasteiger partial charge in [0.2, 0.25) is 0 Å². The van der Waals surface area contributed by atoms with Gasteiger partial charge in [0.15, 0.2) is 17.5 Å². The number of nitrogens with zero attached hydrogens (tertiary/aromatic N) is 1. The van der Waals surface area contributed by atoms with Crippen molar-refractivity contribution in [3.05, 3.63) is 94.0 Å². The van der Waals surface area contributed by atoms with Crippen LogP contribution in [0.3, 0.4) is 0 Å². The molecule has 0 aliphatic carbocycles. The summed E-state index contributed by atoms with van der Waals surface area (Å²) in [5.41, 5.74) is 3.18. The highest BCUT2D eigenvalue weighted by Crippen LogP contribution is 2.27. The molecule has 12 heteroatoms. The number of halogens is 4. The molecule has 0 unspecified atom stereocenters. The Hall–Kier alpha value is -4.22. The van der Waals surface area contributed by atoms with E-state index in [1.54, 1.807) is 24.3 Å². The number of ether oxygens (including phenoxy) is 1. The van der Waals surface area contributed by atoms with Crippen molar-refractivity contribution >= 4 is 40.0 Å². The van der Waals surface area contributed by atoms with Gasteiger partial charge in [-0.25, -0.2) is 19.0 Å². The molecular weight excluding hydrogens is 487 g/mol. The molecule has 4 rings (SSSR count). The largest absolute Gasteiger partial charge is 0.489 e. The molecule has 180 valence electrons. The number of furan rings is 1. The summed E-state index contributed by atoms with van der Waals surface area (Å²) >= 11 is 5.90. The maximum absolute atomic E-state index is 14.5. The molecule has 1 heterocycles. The molecular formula is C23H17ClF3N5O3. The first-order valence-corrected chi connectivity index (χ1v) is 10.3. The highest BCUT2D eigenvalue weighted by Gasteiger charge is 2.19. The van der Waals surface area contributed by atoms with Gasteiger partial charge in [0.05, 0.1) is 16.1 Å². The van der Waals surface area contributed by atoms with Crippen LogP contribution in [0, 0.1) is 17.5 Å². The number of hydrogen-bond acceptors (Lipinski definition) is 6. The minimum atomic E-state index is -1.05. The Morgan fingerprint density at radius 2 is 1.74 bits per heavy atom. The third-order valence-electron chi connectivity index (χ3n) is 5.02. The molecule has 0 aliphatic heterocycles. The lowest BCUT2D eigenvalue weighted by molar-refractivity contribution is 0.102. The Kier molecular flexibility index (Phi) is 6.80. The maximum Gasteiger partial charge on any atom is 0.259 e. The second-order valence-electron chi connectivity index (χ2n) is 7.22. The molecule has 1 aromatic heterocycles. The average molecular weight is 504 g/mol. The number of amides is 1. The van der Waals surface area contributed by atoms with Crippen molar-refractivity contribution in [3.8, 4) is 5.75 Å². The molecule has 8 nitrogen and oxygen atoms in total. The van der Waals surface area contributed by atoms with Crippen molar-refractivity contribution in [2.45, 2.75) is 6.61 Å². The molecule has 0 fully saturated rings. The zero-order valence-corrected chi connectivity index (χ0v) is 18.5. The van der Waals surface area contributed by atoms with Gasteiger partial charge in [0.1, 0.15) is 30.0 Å². The Balaban J connectivity index is 1.46. The van der Waals surface area contributed by atoms with E-state index in [-0.39, 0.29) is 45.1 Å². The number of anilines is 1. The minimum Gasteiger partial charge on any atom is -0.489 e. The fourth-order valence-corrected chi connectivity index (χ4v) is 3.46. The fourth-order valence-electron chi connectivity index (χ4n) is 3.26. The normalized spacial score (nSPS) is 11.5. The van der Waals surface area contributed by atoms with Crippen LogP contribution in [-0.4, -0.2) is 11.7 Å². The zero-order valence-electron chi connectivity index (χ0n) is 17.7. The van der Waals surface area contributed by atoms with E-state index >= 15 is 0 Å². The molecule has 3 aromatic carbocycles. The first-order valence-electron chi connectivity index (χ1n) is 9.94. The fraction of sp³-hybridized carbons (Fsp3) is 0.0435. The van der Waals surface area contributed by atoms with Crippen molar-refractivity contribution in [1.29, 1.82) is 0 Å². The van der Waals surface area contributed by atoms with Crippen LogP contribution in [0.4, 0.5) is 18.9 Å². The number of nitrogens with one attached hydrogen (secondary N) is 2. The molecule has 0 spiro atoms. The van der Waals surface area contributed by atoms with E-state index in [9.17, 15) is 18.0 Å². The predicted molar refractivity (Wildman–Crippen MR) is 124 cm³/mol. The number of fused-ring (bicyclic) bond motifs is 1. The Labute approximate surface area is 201 Å². The van der Waals surface area contributed by atoms with Gasteiger partial charge >= 0.3 is 0 Å². The number of nitrogens with two attached hydrogens (primary N) is 2. The van der Waals surface area contributed by atoms with Crippen LogP contribution in [0.5, 0.6) is 5.75 Å². The van der Waals surface area contributed by atoms with Crippen molar-refractivity contribution < 1.29 is 27.1 Å². The summed E-state index contributed by atoms with van der Waals surface area (Å²) in [6, 6.07) is 10.5. The SMILES string of the molecule is NN=C(NN)c1cc2occ(C(=O)Nc3ccc(OCc4cc(F)c(F)cc4Cl)cc3)c2cc1F. The summed E-state index contributed by atoms with van der Waals surface area (Å²) < 4.78 is 52.1. The van der Waals surface area contributed by atoms with Gasteiger partial charge in [-0.05, 0) is 48.5 Å². The van der Waals surface area contributed by atoms with Gasteiger partial charge in [0, 0.05) is 16.6 Å². The highest BCUT2D eigenvalue weighted by atomic mass is 35.5. The van der Waals surface area contributed by atoms with Crippen LogP contribution in [-0.2, 0) is 6.61 Å². The van der Waals surface area contributed by atoms with Gasteiger partial charge in [-0.3, -0.25) is 4.79 Å². The molecule has 1 amide bonds. The number of carbonyl (C=O) groups is 1. The second kappa shape index (κ2) is 9.95. The van der Waals surface area contributed by atoms with E-state index in [0.29, 0.717) is 11.4 Å². The monoisotopic (exact) mass is 503 g/mol. The molecule has 0 saturated carbocycles. The molecule has 0 atom stereocenters. The van der Waals surface area contributed by atoms with Gasteiger partial charge < -0.3 is 25.7 Å². The van der Waals surface area contributed by atoms with Gasteiger partial charge in [-0.15, -0.1) is 0 Å².